The van der Waals surface area contributed by atoms with Crippen LogP contribution in [-0.2, 0) is 12.0 Å². The molecule has 1 nitrogen and oxygen atoms in total. The van der Waals surface area contributed by atoms with E-state index in [9.17, 15) is 0 Å². The Morgan fingerprint density at radius 3 is 2.27 bits per heavy atom. The van der Waals surface area contributed by atoms with Crippen LogP contribution in [0.3, 0.4) is 0 Å². The van der Waals surface area contributed by atoms with Gasteiger partial charge in [-0.1, -0.05) is 107 Å². The van der Waals surface area contributed by atoms with Crippen LogP contribution in [0.4, 0.5) is 0 Å². The van der Waals surface area contributed by atoms with E-state index in [0.29, 0.717) is 6.04 Å². The Balaban J connectivity index is 1.46. The summed E-state index contributed by atoms with van der Waals surface area (Å²) in [5.74, 6) is 0. The second-order valence-electron chi connectivity index (χ2n) is 8.28. The van der Waals surface area contributed by atoms with Gasteiger partial charge < -0.3 is 0 Å². The summed E-state index contributed by atoms with van der Waals surface area (Å²) in [6.07, 6.45) is 13.4. The molecule has 2 atom stereocenters. The van der Waals surface area contributed by atoms with Gasteiger partial charge >= 0.3 is 0 Å². The monoisotopic (exact) mass is 347 g/mol. The maximum atomic E-state index is 4.04. The van der Waals surface area contributed by atoms with Gasteiger partial charge in [-0.05, 0) is 35.1 Å². The van der Waals surface area contributed by atoms with Gasteiger partial charge in [-0.2, -0.15) is 0 Å². The van der Waals surface area contributed by atoms with Gasteiger partial charge in [0.25, 0.3) is 0 Å². The fourth-order valence-electron chi connectivity index (χ4n) is 5.23. The second kappa shape index (κ2) is 7.96. The van der Waals surface area contributed by atoms with Gasteiger partial charge in [0, 0.05) is 6.04 Å². The second-order valence-corrected chi connectivity index (χ2v) is 8.28. The van der Waals surface area contributed by atoms with Crippen LogP contribution < -0.4 is 5.32 Å². The number of nitrogens with one attached hydrogen (secondary N) is 1. The van der Waals surface area contributed by atoms with Crippen molar-refractivity contribution in [3.8, 4) is 0 Å². The zero-order valence-electron chi connectivity index (χ0n) is 16.3. The Kier molecular flexibility index (Phi) is 5.45. The molecule has 0 aliphatic carbocycles. The zero-order chi connectivity index (χ0) is 17.8. The van der Waals surface area contributed by atoms with Gasteiger partial charge in [-0.25, -0.2) is 0 Å². The third-order valence-electron chi connectivity index (χ3n) is 6.52. The van der Waals surface area contributed by atoms with Crippen molar-refractivity contribution < 1.29 is 0 Å². The Labute approximate surface area is 159 Å². The van der Waals surface area contributed by atoms with Crippen LogP contribution in [0, 0.1) is 0 Å². The largest absolute Gasteiger partial charge is 0.296 e. The minimum Gasteiger partial charge on any atom is -0.296 e. The van der Waals surface area contributed by atoms with Crippen molar-refractivity contribution in [3.05, 3.63) is 70.8 Å². The van der Waals surface area contributed by atoms with Crippen LogP contribution >= 0.6 is 0 Å². The van der Waals surface area contributed by atoms with Crippen LogP contribution in [0.5, 0.6) is 0 Å². The molecule has 2 aromatic rings. The molecular weight excluding hydrogens is 314 g/mol. The van der Waals surface area contributed by atoms with Crippen molar-refractivity contribution in [1.82, 2.24) is 5.32 Å². The molecule has 0 amide bonds. The van der Waals surface area contributed by atoms with Crippen molar-refractivity contribution in [1.29, 1.82) is 0 Å². The molecule has 2 aliphatic heterocycles. The molecule has 0 radical (unpaired) electrons. The van der Waals surface area contributed by atoms with Crippen LogP contribution in [0.15, 0.2) is 48.5 Å². The Morgan fingerprint density at radius 1 is 0.808 bits per heavy atom. The molecule has 0 fully saturated rings. The minimum atomic E-state index is 0.0539. The first kappa shape index (κ1) is 17.8. The fourth-order valence-corrected chi connectivity index (χ4v) is 5.23. The number of fused-ring (bicyclic) bond motifs is 7. The van der Waals surface area contributed by atoms with Crippen molar-refractivity contribution in [2.75, 3.05) is 0 Å². The highest BCUT2D eigenvalue weighted by atomic mass is 15.1. The molecule has 1 N–H and O–H groups in total. The first-order chi connectivity index (χ1) is 12.8. The molecule has 0 unspecified atom stereocenters. The number of hydrogen-bond acceptors (Lipinski definition) is 1. The van der Waals surface area contributed by atoms with Gasteiger partial charge in [-0.15, -0.1) is 0 Å². The summed E-state index contributed by atoms with van der Waals surface area (Å²) >= 11 is 0. The smallest absolute Gasteiger partial charge is 0.0701 e. The number of hydrogen-bond donors (Lipinski definition) is 1. The van der Waals surface area contributed by atoms with E-state index in [-0.39, 0.29) is 5.54 Å². The lowest BCUT2D eigenvalue weighted by Gasteiger charge is -2.38. The molecular formula is C25H33N. The SMILES string of the molecule is CCCCCCCCCC[C@]12N[C@H](Cc3ccccc31)c1ccccc12. The van der Waals surface area contributed by atoms with Gasteiger partial charge in [0.1, 0.15) is 0 Å². The van der Waals surface area contributed by atoms with Crippen LogP contribution in [0.2, 0.25) is 0 Å². The Bertz CT molecular complexity index is 721. The highest BCUT2D eigenvalue weighted by molar-refractivity contribution is 5.54. The van der Waals surface area contributed by atoms with E-state index in [1.807, 2.05) is 0 Å². The van der Waals surface area contributed by atoms with Gasteiger partial charge in [0.05, 0.1) is 5.54 Å². The normalized spacial score (nSPS) is 22.9. The van der Waals surface area contributed by atoms with Crippen LogP contribution in [0.1, 0.15) is 93.0 Å². The third-order valence-corrected chi connectivity index (χ3v) is 6.52. The molecule has 2 aromatic carbocycles. The van der Waals surface area contributed by atoms with E-state index < -0.39 is 0 Å². The highest BCUT2D eigenvalue weighted by Gasteiger charge is 2.47. The van der Waals surface area contributed by atoms with Gasteiger partial charge in [-0.3, -0.25) is 5.32 Å². The molecule has 2 aliphatic rings. The summed E-state index contributed by atoms with van der Waals surface area (Å²) in [4.78, 5) is 0. The third kappa shape index (κ3) is 3.22. The van der Waals surface area contributed by atoms with Crippen LogP contribution in [-0.4, -0.2) is 0 Å². The fraction of sp³-hybridized carbons (Fsp3) is 0.520. The molecule has 4 rings (SSSR count). The maximum Gasteiger partial charge on any atom is 0.0701 e. The summed E-state index contributed by atoms with van der Waals surface area (Å²) in [5.41, 5.74) is 6.20. The topological polar surface area (TPSA) is 12.0 Å². The lowest BCUT2D eigenvalue weighted by molar-refractivity contribution is 0.326. The number of unbranched alkanes of at least 4 members (excludes halogenated alkanes) is 7. The van der Waals surface area contributed by atoms with Crippen molar-refractivity contribution in [2.24, 2.45) is 0 Å². The lowest BCUT2D eigenvalue weighted by Crippen LogP contribution is -2.43. The summed E-state index contributed by atoms with van der Waals surface area (Å²) in [5, 5.41) is 4.04. The van der Waals surface area contributed by atoms with Crippen molar-refractivity contribution in [2.45, 2.75) is 82.7 Å². The average Bonchev–Trinajstić information content (AvgIpc) is 2.94. The quantitative estimate of drug-likeness (QED) is 0.500. The van der Waals surface area contributed by atoms with Gasteiger partial charge in [0.15, 0.2) is 0 Å². The molecule has 0 saturated heterocycles. The predicted molar refractivity (Wildman–Crippen MR) is 110 cm³/mol. The van der Waals surface area contributed by atoms with Crippen molar-refractivity contribution >= 4 is 0 Å². The number of benzene rings is 2. The van der Waals surface area contributed by atoms with Crippen molar-refractivity contribution in [3.63, 3.8) is 0 Å². The van der Waals surface area contributed by atoms with E-state index >= 15 is 0 Å². The summed E-state index contributed by atoms with van der Waals surface area (Å²) in [6.45, 7) is 2.29. The predicted octanol–water partition coefficient (Wildman–Crippen LogP) is 6.66. The van der Waals surface area contributed by atoms with E-state index in [1.165, 1.54) is 74.5 Å². The lowest BCUT2D eigenvalue weighted by atomic mass is 9.77. The molecule has 2 bridgehead atoms. The molecule has 26 heavy (non-hydrogen) atoms. The van der Waals surface area contributed by atoms with E-state index in [4.69, 9.17) is 0 Å². The summed E-state index contributed by atoms with van der Waals surface area (Å²) < 4.78 is 0. The minimum absolute atomic E-state index is 0.0539. The van der Waals surface area contributed by atoms with Gasteiger partial charge in [0.2, 0.25) is 0 Å². The van der Waals surface area contributed by atoms with E-state index in [0.717, 1.165) is 6.42 Å². The molecule has 138 valence electrons. The molecule has 1 heteroatoms. The maximum absolute atomic E-state index is 4.04. The first-order valence-electron chi connectivity index (χ1n) is 10.8. The molecule has 0 spiro atoms. The van der Waals surface area contributed by atoms with E-state index in [2.05, 4.69) is 60.8 Å². The Hall–Kier alpha value is -1.60. The van der Waals surface area contributed by atoms with E-state index in [1.54, 1.807) is 5.56 Å². The summed E-state index contributed by atoms with van der Waals surface area (Å²) in [7, 11) is 0. The standard InChI is InChI=1S/C25H33N/c1-2-3-4-5-6-7-8-13-18-25-22-16-11-9-14-20(22)19-24(26-25)21-15-10-12-17-23(21)25/h9-12,14-17,24,26H,2-8,13,18-19H2,1H3/t24-,25+/m1/s1. The average molecular weight is 348 g/mol. The molecule has 0 aromatic heterocycles. The number of rotatable bonds is 9. The zero-order valence-corrected chi connectivity index (χ0v) is 16.3. The Morgan fingerprint density at radius 2 is 1.46 bits per heavy atom. The van der Waals surface area contributed by atoms with Crippen LogP contribution in [0.25, 0.3) is 0 Å². The first-order valence-corrected chi connectivity index (χ1v) is 10.8. The highest BCUT2D eigenvalue weighted by Crippen LogP contribution is 2.50. The molecule has 2 heterocycles. The summed E-state index contributed by atoms with van der Waals surface area (Å²) in [6, 6.07) is 18.8. The molecule has 0 saturated carbocycles.